The molecule has 0 saturated heterocycles. The van der Waals surface area contributed by atoms with Crippen LogP contribution in [0.1, 0.15) is 38.3 Å². The van der Waals surface area contributed by atoms with Gasteiger partial charge in [0, 0.05) is 35.4 Å². The molecule has 0 heterocycles. The number of fused-ring (bicyclic) bond motifs is 3. The van der Waals surface area contributed by atoms with Crippen LogP contribution in [0.5, 0.6) is 17.2 Å². The van der Waals surface area contributed by atoms with Crippen LogP contribution in [0, 0.1) is 0 Å². The van der Waals surface area contributed by atoms with Gasteiger partial charge in [0.05, 0.1) is 10.9 Å². The van der Waals surface area contributed by atoms with Crippen LogP contribution in [-0.2, 0) is 19.1 Å². The molecule has 0 fully saturated rings. The molecule has 11 nitrogen and oxygen atoms in total. The molecule has 2 aromatic carbocycles. The van der Waals surface area contributed by atoms with Gasteiger partial charge in [0.15, 0.2) is 12.2 Å². The Hall–Kier alpha value is -3.83. The number of benzene rings is 2. The number of phenolic OH excluding ortho intramolecular Hbond substituents is 3. The highest BCUT2D eigenvalue weighted by Gasteiger charge is 2.59. The molecule has 2 aliphatic carbocycles. The van der Waals surface area contributed by atoms with E-state index in [1.807, 2.05) is 0 Å². The molecule has 0 radical (unpaired) electrons. The third-order valence-corrected chi connectivity index (χ3v) is 6.22. The Balaban J connectivity index is 2.11. The number of rotatable bonds is 3. The summed E-state index contributed by atoms with van der Waals surface area (Å²) in [6.45, 7) is 3.82. The zero-order chi connectivity index (χ0) is 25.1. The number of hydrogen-bond donors (Lipinski definition) is 6. The van der Waals surface area contributed by atoms with Crippen molar-refractivity contribution in [3.05, 3.63) is 34.9 Å². The lowest BCUT2D eigenvalue weighted by Gasteiger charge is -2.44. The van der Waals surface area contributed by atoms with E-state index in [9.17, 15) is 35.1 Å². The Bertz CT molecular complexity index is 1300. The Labute approximate surface area is 193 Å². The maximum absolute atomic E-state index is 12.3. The van der Waals surface area contributed by atoms with Crippen LogP contribution in [0.4, 0.5) is 0 Å². The number of carbonyl (C=O) groups excluding carboxylic acids is 2. The molecule has 4 unspecified atom stereocenters. The summed E-state index contributed by atoms with van der Waals surface area (Å²) in [6.07, 6.45) is -4.96. The SMILES string of the molecule is CCC(=O)OC1C2=C(c3c(c(O)c4c(O)cccc4c3O)C2=NN)C(O)C(OC(C)=O)C1(C)O. The van der Waals surface area contributed by atoms with Gasteiger partial charge in [0.25, 0.3) is 0 Å². The van der Waals surface area contributed by atoms with E-state index in [1.54, 1.807) is 0 Å². The Morgan fingerprint density at radius 1 is 1.12 bits per heavy atom. The van der Waals surface area contributed by atoms with Gasteiger partial charge in [-0.2, -0.15) is 5.10 Å². The molecule has 11 heteroatoms. The number of hydrazone groups is 1. The van der Waals surface area contributed by atoms with Gasteiger partial charge in [-0.3, -0.25) is 9.59 Å². The van der Waals surface area contributed by atoms with Crippen molar-refractivity contribution < 1.29 is 44.6 Å². The minimum Gasteiger partial charge on any atom is -0.507 e. The van der Waals surface area contributed by atoms with Crippen molar-refractivity contribution in [1.82, 2.24) is 0 Å². The van der Waals surface area contributed by atoms with Crippen molar-refractivity contribution in [2.75, 3.05) is 0 Å². The van der Waals surface area contributed by atoms with E-state index in [1.165, 1.54) is 32.0 Å². The van der Waals surface area contributed by atoms with E-state index < -0.39 is 47.4 Å². The second-order valence-corrected chi connectivity index (χ2v) is 8.38. The average Bonchev–Trinajstić information content (AvgIpc) is 3.13. The standard InChI is InChI=1S/C23H24N2O9/c1-4-11(28)34-21-16-14(20(31)22(23(21,3)32)33-8(2)26)13-15(17(16)25-24)19(30)12-9(18(13)29)6-5-7-10(12)27/h5-7,20-22,27,29-32H,4,24H2,1-3H3. The highest BCUT2D eigenvalue weighted by molar-refractivity contribution is 6.29. The van der Waals surface area contributed by atoms with Gasteiger partial charge in [-0.15, -0.1) is 0 Å². The molecule has 34 heavy (non-hydrogen) atoms. The third kappa shape index (κ3) is 3.08. The fourth-order valence-corrected chi connectivity index (χ4v) is 4.75. The van der Waals surface area contributed by atoms with Crippen molar-refractivity contribution in [2.24, 2.45) is 10.9 Å². The maximum atomic E-state index is 12.3. The van der Waals surface area contributed by atoms with Gasteiger partial charge >= 0.3 is 11.9 Å². The fraction of sp³-hybridized carbons (Fsp3) is 0.348. The number of carbonyl (C=O) groups is 2. The lowest BCUT2D eigenvalue weighted by atomic mass is 9.74. The minimum absolute atomic E-state index is 0.0528. The first-order chi connectivity index (χ1) is 16.0. The zero-order valence-corrected chi connectivity index (χ0v) is 18.6. The topological polar surface area (TPSA) is 192 Å². The van der Waals surface area contributed by atoms with Crippen LogP contribution in [0.25, 0.3) is 16.3 Å². The number of aliphatic hydroxyl groups is 2. The van der Waals surface area contributed by atoms with E-state index in [-0.39, 0.29) is 50.9 Å². The molecule has 0 aliphatic heterocycles. The molecule has 4 rings (SSSR count). The predicted molar refractivity (Wildman–Crippen MR) is 119 cm³/mol. The average molecular weight is 472 g/mol. The van der Waals surface area contributed by atoms with Gasteiger partial charge in [0.2, 0.25) is 0 Å². The number of nitrogens with two attached hydrogens (primary N) is 1. The molecule has 7 N–H and O–H groups in total. The quantitative estimate of drug-likeness (QED) is 0.161. The molecule has 2 aromatic rings. The molecule has 0 aromatic heterocycles. The summed E-state index contributed by atoms with van der Waals surface area (Å²) < 4.78 is 10.7. The molecular weight excluding hydrogens is 448 g/mol. The lowest BCUT2D eigenvalue weighted by Crippen LogP contribution is -2.61. The second-order valence-electron chi connectivity index (χ2n) is 8.38. The number of phenols is 3. The fourth-order valence-electron chi connectivity index (χ4n) is 4.75. The Kier molecular flexibility index (Phi) is 5.41. The van der Waals surface area contributed by atoms with Crippen molar-refractivity contribution in [3.63, 3.8) is 0 Å². The van der Waals surface area contributed by atoms with Crippen LogP contribution in [0.3, 0.4) is 0 Å². The summed E-state index contributed by atoms with van der Waals surface area (Å²) in [5.74, 6) is 2.81. The van der Waals surface area contributed by atoms with Crippen LogP contribution >= 0.6 is 0 Å². The van der Waals surface area contributed by atoms with E-state index in [2.05, 4.69) is 5.10 Å². The summed E-state index contributed by atoms with van der Waals surface area (Å²) >= 11 is 0. The van der Waals surface area contributed by atoms with Gasteiger partial charge in [-0.05, 0) is 13.0 Å². The minimum atomic E-state index is -2.15. The molecule has 0 amide bonds. The number of hydrogen-bond acceptors (Lipinski definition) is 11. The summed E-state index contributed by atoms with van der Waals surface area (Å²) in [7, 11) is 0. The summed E-state index contributed by atoms with van der Waals surface area (Å²) in [4.78, 5) is 24.1. The number of ether oxygens (including phenoxy) is 2. The molecule has 180 valence electrons. The predicted octanol–water partition coefficient (Wildman–Crippen LogP) is 0.766. The van der Waals surface area contributed by atoms with E-state index in [0.29, 0.717) is 0 Å². The van der Waals surface area contributed by atoms with Crippen molar-refractivity contribution in [1.29, 1.82) is 0 Å². The van der Waals surface area contributed by atoms with E-state index in [4.69, 9.17) is 15.3 Å². The molecule has 4 atom stereocenters. The molecular formula is C23H24N2O9. The van der Waals surface area contributed by atoms with Gasteiger partial charge in [-0.25, -0.2) is 0 Å². The first-order valence-electron chi connectivity index (χ1n) is 10.5. The number of aliphatic hydroxyl groups excluding tert-OH is 1. The Morgan fingerprint density at radius 2 is 1.79 bits per heavy atom. The zero-order valence-electron chi connectivity index (χ0n) is 18.6. The summed E-state index contributed by atoms with van der Waals surface area (Å²) in [6, 6.07) is 4.18. The smallest absolute Gasteiger partial charge is 0.306 e. The van der Waals surface area contributed by atoms with Crippen LogP contribution in [-0.4, -0.2) is 67.1 Å². The van der Waals surface area contributed by atoms with Crippen LogP contribution in [0.2, 0.25) is 0 Å². The molecule has 0 spiro atoms. The monoisotopic (exact) mass is 472 g/mol. The van der Waals surface area contributed by atoms with Gasteiger partial charge in [0.1, 0.15) is 34.7 Å². The number of aromatic hydroxyl groups is 3. The third-order valence-electron chi connectivity index (χ3n) is 6.22. The Morgan fingerprint density at radius 3 is 2.38 bits per heavy atom. The number of esters is 2. The number of nitrogens with zero attached hydrogens (tertiary/aromatic N) is 1. The van der Waals surface area contributed by atoms with E-state index in [0.717, 1.165) is 6.92 Å². The highest BCUT2D eigenvalue weighted by atomic mass is 16.6. The second kappa shape index (κ2) is 7.89. The normalized spacial score (nSPS) is 27.0. The van der Waals surface area contributed by atoms with Crippen molar-refractivity contribution in [2.45, 2.75) is 51.1 Å². The maximum Gasteiger partial charge on any atom is 0.306 e. The van der Waals surface area contributed by atoms with E-state index >= 15 is 0 Å². The molecule has 2 aliphatic rings. The summed E-state index contributed by atoms with van der Waals surface area (Å²) in [5.41, 5.74) is -2.75. The molecule has 0 saturated carbocycles. The van der Waals surface area contributed by atoms with Crippen LogP contribution < -0.4 is 5.84 Å². The van der Waals surface area contributed by atoms with Gasteiger partial charge < -0.3 is 40.8 Å². The first-order valence-corrected chi connectivity index (χ1v) is 10.5. The van der Waals surface area contributed by atoms with Crippen LogP contribution in [0.15, 0.2) is 28.9 Å². The molecule has 0 bridgehead atoms. The van der Waals surface area contributed by atoms with Crippen molar-refractivity contribution in [3.8, 4) is 17.2 Å². The highest BCUT2D eigenvalue weighted by Crippen LogP contribution is 2.55. The van der Waals surface area contributed by atoms with Crippen molar-refractivity contribution >= 4 is 34.0 Å². The largest absolute Gasteiger partial charge is 0.507 e. The first kappa shape index (κ1) is 23.3. The lowest BCUT2D eigenvalue weighted by molar-refractivity contribution is -0.198. The van der Waals surface area contributed by atoms with Gasteiger partial charge in [-0.1, -0.05) is 19.1 Å². The summed E-state index contributed by atoms with van der Waals surface area (Å²) in [5, 5.41) is 58.9.